The van der Waals surface area contributed by atoms with E-state index in [0.29, 0.717) is 18.4 Å². The fraction of sp³-hybridized carbons (Fsp3) is 0.533. The monoisotopic (exact) mass is 301 g/mol. The first-order valence-corrected chi connectivity index (χ1v) is 6.98. The lowest BCUT2D eigenvalue weighted by Gasteiger charge is -2.32. The summed E-state index contributed by atoms with van der Waals surface area (Å²) in [6, 6.07) is 7.61. The van der Waals surface area contributed by atoms with E-state index < -0.39 is 24.1 Å². The van der Waals surface area contributed by atoms with Crippen LogP contribution in [0.4, 0.5) is 13.2 Å². The normalized spacial score (nSPS) is 24.5. The Morgan fingerprint density at radius 2 is 1.71 bits per heavy atom. The summed E-state index contributed by atoms with van der Waals surface area (Å²) in [6.07, 6.45) is -3.33. The van der Waals surface area contributed by atoms with Crippen molar-refractivity contribution in [2.75, 3.05) is 0 Å². The fourth-order valence-corrected chi connectivity index (χ4v) is 2.78. The summed E-state index contributed by atoms with van der Waals surface area (Å²) in [7, 11) is 0. The molecule has 0 aliphatic heterocycles. The van der Waals surface area contributed by atoms with Crippen LogP contribution in [0.5, 0.6) is 0 Å². The van der Waals surface area contributed by atoms with Crippen LogP contribution in [0, 0.1) is 5.92 Å². The molecule has 1 aliphatic rings. The summed E-state index contributed by atoms with van der Waals surface area (Å²) < 4.78 is 37.8. The molecule has 0 bridgehead atoms. The Bertz CT molecular complexity index is 468. The predicted octanol–water partition coefficient (Wildman–Crippen LogP) is 3.52. The first-order chi connectivity index (χ1) is 9.88. The molecule has 0 amide bonds. The average Bonchev–Trinajstić information content (AvgIpc) is 2.45. The predicted molar refractivity (Wildman–Crippen MR) is 71.8 cm³/mol. The minimum atomic E-state index is -4.14. The Hall–Kier alpha value is -1.56. The number of carboxylic acid groups (broad SMARTS) is 1. The zero-order chi connectivity index (χ0) is 15.5. The second-order valence-electron chi connectivity index (χ2n) is 5.44. The van der Waals surface area contributed by atoms with Crippen molar-refractivity contribution in [3.05, 3.63) is 35.9 Å². The van der Waals surface area contributed by atoms with E-state index in [1.165, 1.54) is 0 Å². The number of rotatable bonds is 4. The van der Waals surface area contributed by atoms with Gasteiger partial charge in [0, 0.05) is 6.04 Å². The van der Waals surface area contributed by atoms with Gasteiger partial charge in [-0.3, -0.25) is 10.1 Å². The molecular weight excluding hydrogens is 283 g/mol. The van der Waals surface area contributed by atoms with Gasteiger partial charge < -0.3 is 5.11 Å². The standard InChI is InChI=1S/C15H18F3NO2/c16-15(17,18)11-6-8-12(9-7-11)19-13(14(20)21)10-4-2-1-3-5-10/h1-5,11-13,19H,6-9H2,(H,20,21). The van der Waals surface area contributed by atoms with Crippen molar-refractivity contribution in [1.29, 1.82) is 0 Å². The quantitative estimate of drug-likeness (QED) is 0.894. The topological polar surface area (TPSA) is 49.3 Å². The molecule has 1 saturated carbocycles. The van der Waals surface area contributed by atoms with E-state index in [1.54, 1.807) is 30.3 Å². The summed E-state index contributed by atoms with van der Waals surface area (Å²) in [5.74, 6) is -2.27. The van der Waals surface area contributed by atoms with Gasteiger partial charge in [-0.15, -0.1) is 0 Å². The average molecular weight is 301 g/mol. The Labute approximate surface area is 121 Å². The van der Waals surface area contributed by atoms with Crippen LogP contribution in [0.25, 0.3) is 0 Å². The molecule has 1 aromatic carbocycles. The lowest BCUT2D eigenvalue weighted by atomic mass is 9.85. The molecule has 0 radical (unpaired) electrons. The van der Waals surface area contributed by atoms with Gasteiger partial charge in [-0.25, -0.2) is 0 Å². The van der Waals surface area contributed by atoms with Crippen LogP contribution in [0.3, 0.4) is 0 Å². The molecular formula is C15H18F3NO2. The summed E-state index contributed by atoms with van der Waals surface area (Å²) in [5, 5.41) is 12.3. The summed E-state index contributed by atoms with van der Waals surface area (Å²) >= 11 is 0. The van der Waals surface area contributed by atoms with Crippen molar-refractivity contribution in [2.45, 2.75) is 43.9 Å². The first kappa shape index (κ1) is 15.8. The molecule has 21 heavy (non-hydrogen) atoms. The van der Waals surface area contributed by atoms with Crippen molar-refractivity contribution >= 4 is 5.97 Å². The van der Waals surface area contributed by atoms with Crippen LogP contribution in [-0.4, -0.2) is 23.3 Å². The van der Waals surface area contributed by atoms with Gasteiger partial charge in [-0.2, -0.15) is 13.2 Å². The molecule has 0 heterocycles. The summed E-state index contributed by atoms with van der Waals surface area (Å²) in [5.41, 5.74) is 0.614. The van der Waals surface area contributed by atoms with Crippen molar-refractivity contribution < 1.29 is 23.1 Å². The zero-order valence-electron chi connectivity index (χ0n) is 11.4. The van der Waals surface area contributed by atoms with E-state index in [-0.39, 0.29) is 18.9 Å². The molecule has 2 N–H and O–H groups in total. The number of hydrogen-bond donors (Lipinski definition) is 2. The molecule has 1 atom stereocenters. The van der Waals surface area contributed by atoms with Crippen LogP contribution >= 0.6 is 0 Å². The molecule has 1 fully saturated rings. The van der Waals surface area contributed by atoms with Crippen LogP contribution in [0.15, 0.2) is 30.3 Å². The second-order valence-corrected chi connectivity index (χ2v) is 5.44. The van der Waals surface area contributed by atoms with Gasteiger partial charge in [-0.05, 0) is 31.2 Å². The van der Waals surface area contributed by atoms with Gasteiger partial charge in [0.05, 0.1) is 5.92 Å². The van der Waals surface area contributed by atoms with Crippen LogP contribution in [0.1, 0.15) is 37.3 Å². The van der Waals surface area contributed by atoms with Crippen molar-refractivity contribution in [3.63, 3.8) is 0 Å². The van der Waals surface area contributed by atoms with Gasteiger partial charge in [0.2, 0.25) is 0 Å². The third-order valence-electron chi connectivity index (χ3n) is 3.97. The maximum absolute atomic E-state index is 12.6. The molecule has 3 nitrogen and oxygen atoms in total. The highest BCUT2D eigenvalue weighted by Gasteiger charge is 2.41. The van der Waals surface area contributed by atoms with Gasteiger partial charge in [0.1, 0.15) is 6.04 Å². The van der Waals surface area contributed by atoms with E-state index in [9.17, 15) is 23.1 Å². The molecule has 6 heteroatoms. The maximum Gasteiger partial charge on any atom is 0.391 e. The number of halogens is 3. The van der Waals surface area contributed by atoms with E-state index >= 15 is 0 Å². The van der Waals surface area contributed by atoms with Crippen LogP contribution in [-0.2, 0) is 4.79 Å². The lowest BCUT2D eigenvalue weighted by Crippen LogP contribution is -2.41. The lowest BCUT2D eigenvalue weighted by molar-refractivity contribution is -0.183. The SMILES string of the molecule is O=C(O)C(NC1CCC(C(F)(F)F)CC1)c1ccccc1. The van der Waals surface area contributed by atoms with E-state index in [1.807, 2.05) is 0 Å². The number of alkyl halides is 3. The Balaban J connectivity index is 1.96. The molecule has 1 unspecified atom stereocenters. The molecule has 0 spiro atoms. The van der Waals surface area contributed by atoms with E-state index in [2.05, 4.69) is 5.32 Å². The zero-order valence-corrected chi connectivity index (χ0v) is 11.4. The molecule has 0 aromatic heterocycles. The Morgan fingerprint density at radius 3 is 2.19 bits per heavy atom. The third-order valence-corrected chi connectivity index (χ3v) is 3.97. The molecule has 0 saturated heterocycles. The van der Waals surface area contributed by atoms with Gasteiger partial charge in [0.25, 0.3) is 0 Å². The number of benzene rings is 1. The minimum Gasteiger partial charge on any atom is -0.480 e. The fourth-order valence-electron chi connectivity index (χ4n) is 2.78. The first-order valence-electron chi connectivity index (χ1n) is 6.98. The molecule has 1 aromatic rings. The minimum absolute atomic E-state index is 0.0578. The highest BCUT2D eigenvalue weighted by molar-refractivity contribution is 5.75. The summed E-state index contributed by atoms with van der Waals surface area (Å²) in [6.45, 7) is 0. The van der Waals surface area contributed by atoms with Crippen molar-refractivity contribution in [2.24, 2.45) is 5.92 Å². The smallest absolute Gasteiger partial charge is 0.391 e. The van der Waals surface area contributed by atoms with E-state index in [4.69, 9.17) is 0 Å². The van der Waals surface area contributed by atoms with Gasteiger partial charge >= 0.3 is 12.1 Å². The van der Waals surface area contributed by atoms with Crippen LogP contribution < -0.4 is 5.32 Å². The van der Waals surface area contributed by atoms with Crippen molar-refractivity contribution in [3.8, 4) is 0 Å². The number of nitrogens with one attached hydrogen (secondary N) is 1. The number of hydrogen-bond acceptors (Lipinski definition) is 2. The number of aliphatic carboxylic acids is 1. The summed E-state index contributed by atoms with van der Waals surface area (Å²) in [4.78, 5) is 11.4. The molecule has 116 valence electrons. The molecule has 2 rings (SSSR count). The Morgan fingerprint density at radius 1 is 1.14 bits per heavy atom. The van der Waals surface area contributed by atoms with Gasteiger partial charge in [-0.1, -0.05) is 30.3 Å². The van der Waals surface area contributed by atoms with Crippen molar-refractivity contribution in [1.82, 2.24) is 5.32 Å². The third kappa shape index (κ3) is 4.20. The van der Waals surface area contributed by atoms with Gasteiger partial charge in [0.15, 0.2) is 0 Å². The Kier molecular flexibility index (Phi) is 4.88. The number of carboxylic acids is 1. The van der Waals surface area contributed by atoms with E-state index in [0.717, 1.165) is 0 Å². The second kappa shape index (κ2) is 6.47. The van der Waals surface area contributed by atoms with Crippen LogP contribution in [0.2, 0.25) is 0 Å². The molecule has 1 aliphatic carbocycles. The highest BCUT2D eigenvalue weighted by atomic mass is 19.4. The maximum atomic E-state index is 12.6. The number of carbonyl (C=O) groups is 1. The largest absolute Gasteiger partial charge is 0.480 e. The highest BCUT2D eigenvalue weighted by Crippen LogP contribution is 2.37.